The van der Waals surface area contributed by atoms with Crippen LogP contribution in [0.1, 0.15) is 17.5 Å². The Labute approximate surface area is 139 Å². The molecule has 0 fully saturated rings. The van der Waals surface area contributed by atoms with E-state index in [0.29, 0.717) is 31.0 Å². The minimum atomic E-state index is -0.492. The lowest BCUT2D eigenvalue weighted by atomic mass is 10.2. The van der Waals surface area contributed by atoms with Crippen molar-refractivity contribution in [2.75, 3.05) is 11.9 Å². The minimum absolute atomic E-state index is 0.0823. The van der Waals surface area contributed by atoms with Crippen molar-refractivity contribution in [3.63, 3.8) is 0 Å². The van der Waals surface area contributed by atoms with E-state index in [4.69, 9.17) is 9.47 Å². The van der Waals surface area contributed by atoms with Gasteiger partial charge in [-0.05, 0) is 23.3 Å². The topological polar surface area (TPSA) is 76.7 Å². The number of fused-ring (bicyclic) bond motifs is 1. The average molecular weight is 326 g/mol. The number of carbonyl (C=O) groups is 2. The fourth-order valence-electron chi connectivity index (χ4n) is 2.33. The molecule has 1 aliphatic heterocycles. The van der Waals surface area contributed by atoms with Gasteiger partial charge in [0.25, 0.3) is 0 Å². The summed E-state index contributed by atoms with van der Waals surface area (Å²) in [6.45, 7) is 0.889. The zero-order valence-corrected chi connectivity index (χ0v) is 13.1. The standard InChI is InChI=1S/C18H18N2O4/c21-17-8-9-23-16-7-6-14(10-15(16)20-17)11-19-18(22)24-12-13-4-2-1-3-5-13/h1-7,10H,8-9,11-12H2,(H,19,22)(H,20,21). The van der Waals surface area contributed by atoms with E-state index in [1.165, 1.54) is 0 Å². The van der Waals surface area contributed by atoms with Gasteiger partial charge in [-0.15, -0.1) is 0 Å². The van der Waals surface area contributed by atoms with Crippen LogP contribution < -0.4 is 15.4 Å². The van der Waals surface area contributed by atoms with Crippen LogP contribution in [0.15, 0.2) is 48.5 Å². The van der Waals surface area contributed by atoms with Crippen molar-refractivity contribution in [3.8, 4) is 5.75 Å². The smallest absolute Gasteiger partial charge is 0.407 e. The number of hydrogen-bond acceptors (Lipinski definition) is 4. The number of ether oxygens (including phenoxy) is 2. The maximum absolute atomic E-state index is 11.8. The van der Waals surface area contributed by atoms with Crippen molar-refractivity contribution < 1.29 is 19.1 Å². The first kappa shape index (κ1) is 15.9. The Hall–Kier alpha value is -3.02. The van der Waals surface area contributed by atoms with Gasteiger partial charge in [-0.3, -0.25) is 4.79 Å². The lowest BCUT2D eigenvalue weighted by Gasteiger charge is -2.10. The molecule has 0 atom stereocenters. The number of nitrogens with one attached hydrogen (secondary N) is 2. The van der Waals surface area contributed by atoms with Crippen LogP contribution >= 0.6 is 0 Å². The fraction of sp³-hybridized carbons (Fsp3) is 0.222. The lowest BCUT2D eigenvalue weighted by molar-refractivity contribution is -0.116. The Balaban J connectivity index is 1.53. The van der Waals surface area contributed by atoms with Crippen LogP contribution in [0.4, 0.5) is 10.5 Å². The van der Waals surface area contributed by atoms with Gasteiger partial charge < -0.3 is 20.1 Å². The molecular weight excluding hydrogens is 308 g/mol. The predicted octanol–water partition coefficient (Wildman–Crippen LogP) is 2.83. The van der Waals surface area contributed by atoms with E-state index in [2.05, 4.69) is 10.6 Å². The van der Waals surface area contributed by atoms with E-state index in [1.807, 2.05) is 36.4 Å². The Morgan fingerprint density at radius 3 is 2.83 bits per heavy atom. The monoisotopic (exact) mass is 326 g/mol. The summed E-state index contributed by atoms with van der Waals surface area (Å²) in [5.74, 6) is 0.553. The zero-order valence-electron chi connectivity index (χ0n) is 13.1. The van der Waals surface area contributed by atoms with E-state index in [-0.39, 0.29) is 12.5 Å². The molecule has 0 spiro atoms. The first-order valence-electron chi connectivity index (χ1n) is 7.71. The molecule has 0 aliphatic carbocycles. The van der Waals surface area contributed by atoms with Crippen LogP contribution in [-0.4, -0.2) is 18.6 Å². The predicted molar refractivity (Wildman–Crippen MR) is 88.7 cm³/mol. The highest BCUT2D eigenvalue weighted by atomic mass is 16.5. The molecule has 0 aromatic heterocycles. The minimum Gasteiger partial charge on any atom is -0.491 e. The number of carbonyl (C=O) groups excluding carboxylic acids is 2. The normalized spacial score (nSPS) is 13.1. The van der Waals surface area contributed by atoms with Crippen molar-refractivity contribution in [1.29, 1.82) is 0 Å². The molecule has 0 radical (unpaired) electrons. The number of amides is 2. The summed E-state index contributed by atoms with van der Waals surface area (Å²) in [7, 11) is 0. The van der Waals surface area contributed by atoms with Gasteiger partial charge in [0.1, 0.15) is 12.4 Å². The van der Waals surface area contributed by atoms with Crippen LogP contribution in [-0.2, 0) is 22.7 Å². The van der Waals surface area contributed by atoms with Crippen molar-refractivity contribution in [2.24, 2.45) is 0 Å². The lowest BCUT2D eigenvalue weighted by Crippen LogP contribution is -2.23. The van der Waals surface area contributed by atoms with Crippen LogP contribution in [0.5, 0.6) is 5.75 Å². The molecule has 2 aromatic rings. The fourth-order valence-corrected chi connectivity index (χ4v) is 2.33. The Bertz CT molecular complexity index is 731. The highest BCUT2D eigenvalue weighted by Crippen LogP contribution is 2.28. The summed E-state index contributed by atoms with van der Waals surface area (Å²) in [5, 5.41) is 5.48. The number of alkyl carbamates (subject to hydrolysis) is 1. The molecule has 2 amide bonds. The Morgan fingerprint density at radius 1 is 1.17 bits per heavy atom. The summed E-state index contributed by atoms with van der Waals surface area (Å²) in [6, 6.07) is 14.9. The third-order valence-corrected chi connectivity index (χ3v) is 3.55. The maximum Gasteiger partial charge on any atom is 0.407 e. The van der Waals surface area contributed by atoms with Gasteiger partial charge in [-0.2, -0.15) is 0 Å². The molecule has 0 saturated carbocycles. The molecule has 1 heterocycles. The van der Waals surface area contributed by atoms with Gasteiger partial charge in [0.2, 0.25) is 5.91 Å². The Kier molecular flexibility index (Phi) is 4.96. The second kappa shape index (κ2) is 7.50. The molecular formula is C18H18N2O4. The van der Waals surface area contributed by atoms with Gasteiger partial charge in [-0.1, -0.05) is 36.4 Å². The molecule has 2 N–H and O–H groups in total. The third-order valence-electron chi connectivity index (χ3n) is 3.55. The molecule has 6 heteroatoms. The molecule has 1 aliphatic rings. The van der Waals surface area contributed by atoms with E-state index in [9.17, 15) is 9.59 Å². The Morgan fingerprint density at radius 2 is 2.00 bits per heavy atom. The maximum atomic E-state index is 11.8. The van der Waals surface area contributed by atoms with Gasteiger partial charge >= 0.3 is 6.09 Å². The second-order valence-corrected chi connectivity index (χ2v) is 5.39. The molecule has 3 rings (SSSR count). The highest BCUT2D eigenvalue weighted by molar-refractivity contribution is 5.93. The summed E-state index contributed by atoms with van der Waals surface area (Å²) in [4.78, 5) is 23.3. The number of rotatable bonds is 4. The van der Waals surface area contributed by atoms with Crippen LogP contribution in [0.3, 0.4) is 0 Å². The zero-order chi connectivity index (χ0) is 16.8. The van der Waals surface area contributed by atoms with Gasteiger partial charge in [0, 0.05) is 6.54 Å². The van der Waals surface area contributed by atoms with Crippen LogP contribution in [0.25, 0.3) is 0 Å². The highest BCUT2D eigenvalue weighted by Gasteiger charge is 2.14. The van der Waals surface area contributed by atoms with E-state index < -0.39 is 6.09 Å². The first-order valence-corrected chi connectivity index (χ1v) is 7.71. The van der Waals surface area contributed by atoms with E-state index in [0.717, 1.165) is 11.1 Å². The van der Waals surface area contributed by atoms with Crippen molar-refractivity contribution in [3.05, 3.63) is 59.7 Å². The number of anilines is 1. The summed E-state index contributed by atoms with van der Waals surface area (Å²) in [6.07, 6.45) is -0.164. The largest absolute Gasteiger partial charge is 0.491 e. The van der Waals surface area contributed by atoms with E-state index in [1.54, 1.807) is 12.1 Å². The summed E-state index contributed by atoms with van der Waals surface area (Å²) >= 11 is 0. The first-order chi connectivity index (χ1) is 11.7. The number of benzene rings is 2. The van der Waals surface area contributed by atoms with Gasteiger partial charge in [0.05, 0.1) is 18.7 Å². The molecule has 124 valence electrons. The van der Waals surface area contributed by atoms with Crippen molar-refractivity contribution >= 4 is 17.7 Å². The summed E-state index contributed by atoms with van der Waals surface area (Å²) < 4.78 is 10.6. The molecule has 24 heavy (non-hydrogen) atoms. The number of hydrogen-bond donors (Lipinski definition) is 2. The van der Waals surface area contributed by atoms with Crippen molar-refractivity contribution in [2.45, 2.75) is 19.6 Å². The average Bonchev–Trinajstić information content (AvgIpc) is 2.79. The molecule has 0 saturated heterocycles. The van der Waals surface area contributed by atoms with Gasteiger partial charge in [0.15, 0.2) is 0 Å². The van der Waals surface area contributed by atoms with Crippen LogP contribution in [0.2, 0.25) is 0 Å². The van der Waals surface area contributed by atoms with Crippen molar-refractivity contribution in [1.82, 2.24) is 5.32 Å². The molecule has 6 nitrogen and oxygen atoms in total. The van der Waals surface area contributed by atoms with E-state index >= 15 is 0 Å². The molecule has 0 unspecified atom stereocenters. The molecule has 0 bridgehead atoms. The molecule has 2 aromatic carbocycles. The quantitative estimate of drug-likeness (QED) is 0.906. The summed E-state index contributed by atoms with van der Waals surface area (Å²) in [5.41, 5.74) is 2.39. The second-order valence-electron chi connectivity index (χ2n) is 5.39. The SMILES string of the molecule is O=C1CCOc2ccc(CNC(=O)OCc3ccccc3)cc2N1. The third kappa shape index (κ3) is 4.25. The van der Waals surface area contributed by atoms with Gasteiger partial charge in [-0.25, -0.2) is 4.79 Å². The van der Waals surface area contributed by atoms with Crippen LogP contribution in [0, 0.1) is 0 Å².